The number of fused-ring (bicyclic) bond motifs is 1. The fourth-order valence-corrected chi connectivity index (χ4v) is 2.98. The summed E-state index contributed by atoms with van der Waals surface area (Å²) in [6, 6.07) is 1.42. The number of thiazole rings is 1. The van der Waals surface area contributed by atoms with Crippen LogP contribution in [0.4, 0.5) is 5.95 Å². The molecule has 0 fully saturated rings. The largest absolute Gasteiger partial charge is 0.291 e. The predicted octanol–water partition coefficient (Wildman–Crippen LogP) is 1.85. The minimum Gasteiger partial charge on any atom is -0.291 e. The van der Waals surface area contributed by atoms with Gasteiger partial charge in [-0.2, -0.15) is 5.10 Å². The van der Waals surface area contributed by atoms with Crippen molar-refractivity contribution in [3.05, 3.63) is 44.6 Å². The second-order valence-electron chi connectivity index (χ2n) is 4.68. The lowest BCUT2D eigenvalue weighted by Crippen LogP contribution is -2.10. The van der Waals surface area contributed by atoms with Gasteiger partial charge < -0.3 is 0 Å². The van der Waals surface area contributed by atoms with Crippen LogP contribution in [-0.4, -0.2) is 25.6 Å². The van der Waals surface area contributed by atoms with Crippen molar-refractivity contribution in [2.24, 2.45) is 5.10 Å². The van der Waals surface area contributed by atoms with Crippen LogP contribution in [0.5, 0.6) is 0 Å². The third kappa shape index (κ3) is 2.57. The average molecular weight is 302 g/mol. The number of rotatable bonds is 3. The van der Waals surface area contributed by atoms with E-state index in [9.17, 15) is 4.79 Å². The van der Waals surface area contributed by atoms with Crippen LogP contribution < -0.4 is 11.0 Å². The first-order valence-electron chi connectivity index (χ1n) is 6.35. The third-order valence-corrected chi connectivity index (χ3v) is 3.92. The molecule has 0 aliphatic heterocycles. The van der Waals surface area contributed by atoms with Crippen LogP contribution in [0.1, 0.15) is 22.8 Å². The minimum atomic E-state index is -0.211. The summed E-state index contributed by atoms with van der Waals surface area (Å²) in [7, 11) is 0. The molecule has 8 heteroatoms. The summed E-state index contributed by atoms with van der Waals surface area (Å²) in [4.78, 5) is 23.5. The van der Waals surface area contributed by atoms with Crippen molar-refractivity contribution in [3.8, 4) is 0 Å². The van der Waals surface area contributed by atoms with E-state index in [0.717, 1.165) is 22.0 Å². The lowest BCUT2D eigenvalue weighted by atomic mass is 10.3. The normalized spacial score (nSPS) is 11.6. The van der Waals surface area contributed by atoms with Gasteiger partial charge in [-0.1, -0.05) is 0 Å². The smallest absolute Gasteiger partial charge is 0.252 e. The van der Waals surface area contributed by atoms with E-state index < -0.39 is 0 Å². The van der Waals surface area contributed by atoms with Crippen LogP contribution >= 0.6 is 11.3 Å². The van der Waals surface area contributed by atoms with Gasteiger partial charge in [-0.05, 0) is 20.8 Å². The van der Waals surface area contributed by atoms with Crippen molar-refractivity contribution in [2.45, 2.75) is 20.8 Å². The second-order valence-corrected chi connectivity index (χ2v) is 5.52. The topological polar surface area (TPSA) is 87.4 Å². The lowest BCUT2D eigenvalue weighted by Gasteiger charge is -2.00. The van der Waals surface area contributed by atoms with E-state index in [-0.39, 0.29) is 5.56 Å². The van der Waals surface area contributed by atoms with Crippen molar-refractivity contribution in [3.63, 3.8) is 0 Å². The van der Waals surface area contributed by atoms with E-state index in [1.54, 1.807) is 24.5 Å². The summed E-state index contributed by atoms with van der Waals surface area (Å²) >= 11 is 1.59. The zero-order chi connectivity index (χ0) is 15.0. The number of imidazole rings is 1. The van der Waals surface area contributed by atoms with Crippen molar-refractivity contribution < 1.29 is 0 Å². The van der Waals surface area contributed by atoms with E-state index in [1.165, 1.54) is 6.07 Å². The Kier molecular flexibility index (Phi) is 3.30. The van der Waals surface area contributed by atoms with Crippen LogP contribution in [0.2, 0.25) is 0 Å². The van der Waals surface area contributed by atoms with Crippen molar-refractivity contribution >= 4 is 28.5 Å². The van der Waals surface area contributed by atoms with Crippen LogP contribution in [0, 0.1) is 20.8 Å². The molecule has 7 nitrogen and oxygen atoms in total. The molecule has 0 saturated heterocycles. The summed E-state index contributed by atoms with van der Waals surface area (Å²) in [5, 5.41) is 6.18. The average Bonchev–Trinajstić information content (AvgIpc) is 2.89. The Labute approximate surface area is 124 Å². The fraction of sp³-hybridized carbons (Fsp3) is 0.231. The first kappa shape index (κ1) is 13.5. The molecule has 2 N–H and O–H groups in total. The first-order valence-corrected chi connectivity index (χ1v) is 7.23. The first-order chi connectivity index (χ1) is 10.0. The fourth-order valence-electron chi connectivity index (χ4n) is 2.06. The number of anilines is 1. The van der Waals surface area contributed by atoms with Crippen LogP contribution in [-0.2, 0) is 0 Å². The van der Waals surface area contributed by atoms with Gasteiger partial charge in [-0.15, -0.1) is 11.3 Å². The van der Waals surface area contributed by atoms with Gasteiger partial charge in [-0.25, -0.2) is 15.4 Å². The van der Waals surface area contributed by atoms with E-state index >= 15 is 0 Å². The summed E-state index contributed by atoms with van der Waals surface area (Å²) in [6.07, 6.45) is 1.68. The molecule has 0 amide bonds. The van der Waals surface area contributed by atoms with E-state index in [2.05, 4.69) is 25.5 Å². The van der Waals surface area contributed by atoms with Gasteiger partial charge in [0.1, 0.15) is 0 Å². The number of aryl methyl sites for hydroxylation is 3. The quantitative estimate of drug-likeness (QED) is 0.571. The summed E-state index contributed by atoms with van der Waals surface area (Å²) in [5.74, 6) is 0.316. The van der Waals surface area contributed by atoms with E-state index in [4.69, 9.17) is 0 Å². The predicted molar refractivity (Wildman–Crippen MR) is 83.4 cm³/mol. The Hall–Kier alpha value is -2.48. The SMILES string of the molecule is Cc1cc(=O)[nH]c(N/N=C\c2c(C)nc3scc(C)n23)n1. The van der Waals surface area contributed by atoms with E-state index in [0.29, 0.717) is 11.6 Å². The van der Waals surface area contributed by atoms with Crippen LogP contribution in [0.15, 0.2) is 21.3 Å². The maximum atomic E-state index is 11.3. The van der Waals surface area contributed by atoms with Crippen LogP contribution in [0.25, 0.3) is 4.96 Å². The Balaban J connectivity index is 1.89. The molecule has 0 bridgehead atoms. The standard InChI is InChI=1S/C13H14N6OS/c1-7-4-11(20)17-12(15-7)18-14-5-10-9(3)16-13-19(10)8(2)6-21-13/h4-6H,1-3H3,(H2,15,17,18,20)/b14-5-. The highest BCUT2D eigenvalue weighted by Gasteiger charge is 2.10. The summed E-state index contributed by atoms with van der Waals surface area (Å²) < 4.78 is 2.04. The molecule has 0 unspecified atom stereocenters. The number of aromatic nitrogens is 4. The minimum absolute atomic E-state index is 0.211. The molecule has 3 rings (SSSR count). The maximum Gasteiger partial charge on any atom is 0.252 e. The van der Waals surface area contributed by atoms with Crippen molar-refractivity contribution in [1.29, 1.82) is 0 Å². The molecule has 0 spiro atoms. The zero-order valence-electron chi connectivity index (χ0n) is 11.8. The van der Waals surface area contributed by atoms with Gasteiger partial charge in [0.2, 0.25) is 5.95 Å². The molecule has 108 valence electrons. The van der Waals surface area contributed by atoms with Gasteiger partial charge in [0.05, 0.1) is 17.6 Å². The van der Waals surface area contributed by atoms with Gasteiger partial charge in [0.15, 0.2) is 4.96 Å². The zero-order valence-corrected chi connectivity index (χ0v) is 12.7. The monoisotopic (exact) mass is 302 g/mol. The Morgan fingerprint density at radius 1 is 1.38 bits per heavy atom. The highest BCUT2D eigenvalue weighted by Crippen LogP contribution is 2.19. The molecule has 0 atom stereocenters. The molecule has 3 aromatic heterocycles. The molecule has 21 heavy (non-hydrogen) atoms. The van der Waals surface area contributed by atoms with E-state index in [1.807, 2.05) is 23.6 Å². The Morgan fingerprint density at radius 2 is 2.19 bits per heavy atom. The molecule has 0 aromatic carbocycles. The number of H-pyrrole nitrogens is 1. The van der Waals surface area contributed by atoms with Crippen molar-refractivity contribution in [2.75, 3.05) is 5.43 Å². The summed E-state index contributed by atoms with van der Waals surface area (Å²) in [6.45, 7) is 5.71. The van der Waals surface area contributed by atoms with Gasteiger partial charge >= 0.3 is 0 Å². The van der Waals surface area contributed by atoms with Crippen molar-refractivity contribution in [1.82, 2.24) is 19.4 Å². The lowest BCUT2D eigenvalue weighted by molar-refractivity contribution is 1.04. The molecule has 0 radical (unpaired) electrons. The van der Waals surface area contributed by atoms with Crippen LogP contribution in [0.3, 0.4) is 0 Å². The maximum absolute atomic E-state index is 11.3. The van der Waals surface area contributed by atoms with Gasteiger partial charge in [0, 0.05) is 22.8 Å². The molecule has 0 aliphatic rings. The number of aromatic amines is 1. The molecule has 3 aromatic rings. The number of hydrogen-bond acceptors (Lipinski definition) is 6. The highest BCUT2D eigenvalue weighted by molar-refractivity contribution is 7.15. The Bertz CT molecular complexity index is 888. The van der Waals surface area contributed by atoms with Gasteiger partial charge in [-0.3, -0.25) is 14.2 Å². The number of nitrogens with one attached hydrogen (secondary N) is 2. The number of hydrazone groups is 1. The summed E-state index contributed by atoms with van der Waals surface area (Å²) in [5.41, 5.74) is 6.08. The van der Waals surface area contributed by atoms with Gasteiger partial charge in [0.25, 0.3) is 5.56 Å². The third-order valence-electron chi connectivity index (χ3n) is 2.98. The highest BCUT2D eigenvalue weighted by atomic mass is 32.1. The molecule has 0 aliphatic carbocycles. The number of hydrogen-bond donors (Lipinski definition) is 2. The molecular formula is C13H14N6OS. The second kappa shape index (κ2) is 5.13. The molecular weight excluding hydrogens is 288 g/mol. The molecule has 0 saturated carbocycles. The number of nitrogens with zero attached hydrogens (tertiary/aromatic N) is 4. The molecule has 3 heterocycles. The Morgan fingerprint density at radius 3 is 2.95 bits per heavy atom.